The smallest absolute Gasteiger partial charge is 0.367 e. The van der Waals surface area contributed by atoms with Crippen molar-refractivity contribution in [1.29, 1.82) is 0 Å². The highest BCUT2D eigenvalue weighted by Gasteiger charge is 2.25. The number of rotatable bonds is 3. The summed E-state index contributed by atoms with van der Waals surface area (Å²) in [7, 11) is 0. The summed E-state index contributed by atoms with van der Waals surface area (Å²) in [6.07, 6.45) is 1.65. The van der Waals surface area contributed by atoms with Crippen LogP contribution in [0, 0.1) is 0 Å². The minimum atomic E-state index is -0.500. The van der Waals surface area contributed by atoms with Crippen molar-refractivity contribution in [3.05, 3.63) is 28.2 Å². The quantitative estimate of drug-likeness (QED) is 0.770. The van der Waals surface area contributed by atoms with Gasteiger partial charge in [-0.15, -0.1) is 21.5 Å². The first-order valence-corrected chi connectivity index (χ1v) is 7.35. The van der Waals surface area contributed by atoms with Crippen molar-refractivity contribution < 1.29 is 14.3 Å². The molecule has 0 radical (unpaired) electrons. The summed E-state index contributed by atoms with van der Waals surface area (Å²) in [6, 6.07) is 0. The summed E-state index contributed by atoms with van der Waals surface area (Å²) in [5.41, 5.74) is 0.260. The molecule has 0 bridgehead atoms. The van der Waals surface area contributed by atoms with E-state index < -0.39 is 5.97 Å². The summed E-state index contributed by atoms with van der Waals surface area (Å²) in [5.74, 6) is 0.0337. The number of carbonyl (C=O) groups is 2. The van der Waals surface area contributed by atoms with Crippen molar-refractivity contribution in [2.24, 2.45) is 0 Å². The number of hydrogen-bond donors (Lipinski definition) is 0. The highest BCUT2D eigenvalue weighted by Crippen LogP contribution is 2.16. The van der Waals surface area contributed by atoms with Gasteiger partial charge in [-0.05, 0) is 6.92 Å². The zero-order valence-corrected chi connectivity index (χ0v) is 12.2. The van der Waals surface area contributed by atoms with Crippen LogP contribution in [0.15, 0.2) is 11.7 Å². The van der Waals surface area contributed by atoms with E-state index in [4.69, 9.17) is 4.74 Å². The Balaban J connectivity index is 1.73. The molecule has 3 heterocycles. The van der Waals surface area contributed by atoms with Gasteiger partial charge in [0, 0.05) is 18.5 Å². The molecule has 2 aromatic heterocycles. The fourth-order valence-corrected chi connectivity index (χ4v) is 2.74. The molecule has 1 aliphatic heterocycles. The number of nitrogens with zero attached hydrogens (tertiary/aromatic N) is 5. The van der Waals surface area contributed by atoms with E-state index in [2.05, 4.69) is 15.2 Å². The van der Waals surface area contributed by atoms with Gasteiger partial charge >= 0.3 is 5.97 Å². The third kappa shape index (κ3) is 2.64. The van der Waals surface area contributed by atoms with Gasteiger partial charge in [-0.2, -0.15) is 0 Å². The summed E-state index contributed by atoms with van der Waals surface area (Å²) in [6.45, 7) is 3.62. The highest BCUT2D eigenvalue weighted by molar-refractivity contribution is 7.11. The third-order valence-corrected chi connectivity index (χ3v) is 3.92. The molecule has 0 saturated heterocycles. The van der Waals surface area contributed by atoms with E-state index in [1.807, 2.05) is 4.57 Å². The minimum Gasteiger partial charge on any atom is -0.461 e. The number of esters is 1. The Bertz CT molecular complexity index is 680. The lowest BCUT2D eigenvalue weighted by Crippen LogP contribution is -2.38. The van der Waals surface area contributed by atoms with Crippen LogP contribution in [0.5, 0.6) is 0 Å². The molecule has 3 rings (SSSR count). The number of ether oxygens (including phenoxy) is 1. The fraction of sp³-hybridized carbons (Fsp3) is 0.417. The molecule has 0 aromatic carbocycles. The lowest BCUT2D eigenvalue weighted by Gasteiger charge is -2.26. The van der Waals surface area contributed by atoms with Gasteiger partial charge in [0.25, 0.3) is 5.91 Å². The van der Waals surface area contributed by atoms with Gasteiger partial charge in [-0.3, -0.25) is 4.79 Å². The molecule has 0 unspecified atom stereocenters. The van der Waals surface area contributed by atoms with E-state index in [1.54, 1.807) is 23.5 Å². The molecule has 0 saturated carbocycles. The zero-order chi connectivity index (χ0) is 14.8. The monoisotopic (exact) mass is 307 g/mol. The van der Waals surface area contributed by atoms with Crippen LogP contribution in [0.4, 0.5) is 0 Å². The summed E-state index contributed by atoms with van der Waals surface area (Å²) < 4.78 is 6.78. The first kappa shape index (κ1) is 13.7. The number of thiazole rings is 1. The second-order valence-electron chi connectivity index (χ2n) is 4.43. The van der Waals surface area contributed by atoms with Crippen LogP contribution in [0.3, 0.4) is 0 Å². The van der Waals surface area contributed by atoms with Crippen LogP contribution >= 0.6 is 11.3 Å². The molecule has 110 valence electrons. The van der Waals surface area contributed by atoms with Crippen molar-refractivity contribution in [3.63, 3.8) is 0 Å². The molecule has 0 aliphatic carbocycles. The molecule has 0 N–H and O–H groups in total. The van der Waals surface area contributed by atoms with Crippen LogP contribution in [0.25, 0.3) is 0 Å². The second-order valence-corrected chi connectivity index (χ2v) is 5.28. The first-order valence-electron chi connectivity index (χ1n) is 6.47. The van der Waals surface area contributed by atoms with Gasteiger partial charge in [0.05, 0.1) is 13.2 Å². The maximum absolute atomic E-state index is 12.4. The van der Waals surface area contributed by atoms with Gasteiger partial charge in [0.15, 0.2) is 5.82 Å². The van der Waals surface area contributed by atoms with Crippen LogP contribution < -0.4 is 0 Å². The number of hydrogen-bond acceptors (Lipinski definition) is 7. The molecule has 0 fully saturated rings. The van der Waals surface area contributed by atoms with E-state index in [0.29, 0.717) is 19.6 Å². The standard InChI is InChI=1S/C12H13N5O3S/c1-2-20-12(19)10-14-8(6-21-10)11(18)16-3-4-17-7-13-15-9(17)5-16/h6-7H,2-5H2,1H3. The van der Waals surface area contributed by atoms with Crippen molar-refractivity contribution in [2.45, 2.75) is 20.0 Å². The van der Waals surface area contributed by atoms with Gasteiger partial charge in [-0.25, -0.2) is 9.78 Å². The fourth-order valence-electron chi connectivity index (χ4n) is 2.06. The minimum absolute atomic E-state index is 0.195. The van der Waals surface area contributed by atoms with Gasteiger partial charge < -0.3 is 14.2 Å². The Kier molecular flexibility index (Phi) is 3.65. The lowest BCUT2D eigenvalue weighted by molar-refractivity contribution is 0.0525. The van der Waals surface area contributed by atoms with Crippen molar-refractivity contribution in [2.75, 3.05) is 13.2 Å². The van der Waals surface area contributed by atoms with Crippen LogP contribution in [-0.2, 0) is 17.8 Å². The van der Waals surface area contributed by atoms with Crippen LogP contribution in [0.1, 0.15) is 33.0 Å². The molecule has 21 heavy (non-hydrogen) atoms. The molecule has 0 atom stereocenters. The Hall–Kier alpha value is -2.29. The largest absolute Gasteiger partial charge is 0.461 e. The third-order valence-electron chi connectivity index (χ3n) is 3.10. The summed E-state index contributed by atoms with van der Waals surface area (Å²) in [5, 5.41) is 9.56. The molecular formula is C12H13N5O3S. The Morgan fingerprint density at radius 3 is 3.10 bits per heavy atom. The molecule has 1 amide bonds. The number of amides is 1. The predicted molar refractivity (Wildman–Crippen MR) is 72.8 cm³/mol. The van der Waals surface area contributed by atoms with Crippen molar-refractivity contribution >= 4 is 23.2 Å². The molecule has 8 nitrogen and oxygen atoms in total. The average molecular weight is 307 g/mol. The molecule has 9 heteroatoms. The van der Waals surface area contributed by atoms with Gasteiger partial charge in [-0.1, -0.05) is 0 Å². The van der Waals surface area contributed by atoms with E-state index in [-0.39, 0.29) is 23.2 Å². The maximum Gasteiger partial charge on any atom is 0.367 e. The van der Waals surface area contributed by atoms with Crippen molar-refractivity contribution in [1.82, 2.24) is 24.6 Å². The van der Waals surface area contributed by atoms with Gasteiger partial charge in [0.2, 0.25) is 5.01 Å². The SMILES string of the molecule is CCOC(=O)c1nc(C(=O)N2CCn3cnnc3C2)cs1. The summed E-state index contributed by atoms with van der Waals surface area (Å²) in [4.78, 5) is 29.7. The van der Waals surface area contributed by atoms with Gasteiger partial charge in [0.1, 0.15) is 12.0 Å². The van der Waals surface area contributed by atoms with E-state index >= 15 is 0 Å². The molecule has 0 spiro atoms. The van der Waals surface area contributed by atoms with Crippen LogP contribution in [0.2, 0.25) is 0 Å². The molecule has 2 aromatic rings. The Labute approximate surface area is 124 Å². The second kappa shape index (κ2) is 5.60. The Morgan fingerprint density at radius 1 is 1.43 bits per heavy atom. The first-order chi connectivity index (χ1) is 10.2. The average Bonchev–Trinajstić information content (AvgIpc) is 3.15. The van der Waals surface area contributed by atoms with Crippen molar-refractivity contribution in [3.8, 4) is 0 Å². The summed E-state index contributed by atoms with van der Waals surface area (Å²) >= 11 is 1.11. The lowest BCUT2D eigenvalue weighted by atomic mass is 10.3. The van der Waals surface area contributed by atoms with E-state index in [1.165, 1.54) is 0 Å². The molecule has 1 aliphatic rings. The normalized spacial score (nSPS) is 13.9. The zero-order valence-electron chi connectivity index (χ0n) is 11.4. The number of fused-ring (bicyclic) bond motifs is 1. The molecular weight excluding hydrogens is 294 g/mol. The van der Waals surface area contributed by atoms with Crippen LogP contribution in [-0.4, -0.2) is 49.7 Å². The maximum atomic E-state index is 12.4. The number of aromatic nitrogens is 4. The van der Waals surface area contributed by atoms with E-state index in [9.17, 15) is 9.59 Å². The predicted octanol–water partition coefficient (Wildman–Crippen LogP) is 0.567. The Morgan fingerprint density at radius 2 is 2.29 bits per heavy atom. The topological polar surface area (TPSA) is 90.2 Å². The van der Waals surface area contributed by atoms with E-state index in [0.717, 1.165) is 17.2 Å². The highest BCUT2D eigenvalue weighted by atomic mass is 32.1. The number of carbonyl (C=O) groups excluding carboxylic acids is 2.